The fraction of sp³-hybridized carbons (Fsp3) is 0.0556. The lowest BCUT2D eigenvalue weighted by Gasteiger charge is -2.08. The molecule has 0 fully saturated rings. The van der Waals surface area contributed by atoms with Crippen LogP contribution in [0.5, 0.6) is 0 Å². The summed E-state index contributed by atoms with van der Waals surface area (Å²) in [4.78, 5) is 11.8. The molecular formula is C18H14BrNO2. The minimum atomic E-state index is -0.458. The first-order chi connectivity index (χ1) is 10.7. The minimum absolute atomic E-state index is 0.257. The van der Waals surface area contributed by atoms with E-state index in [4.69, 9.17) is 4.74 Å². The smallest absolute Gasteiger partial charge is 0.411 e. The Morgan fingerprint density at radius 3 is 2.50 bits per heavy atom. The third-order valence-corrected chi connectivity index (χ3v) is 3.75. The molecule has 3 aromatic carbocycles. The molecule has 0 aliphatic rings. The summed E-state index contributed by atoms with van der Waals surface area (Å²) in [6.45, 7) is 0.257. The molecule has 1 N–H and O–H groups in total. The van der Waals surface area contributed by atoms with Gasteiger partial charge in [-0.25, -0.2) is 4.79 Å². The second kappa shape index (κ2) is 6.62. The van der Waals surface area contributed by atoms with Crippen molar-refractivity contribution in [1.82, 2.24) is 0 Å². The van der Waals surface area contributed by atoms with Gasteiger partial charge in [0.2, 0.25) is 0 Å². The van der Waals surface area contributed by atoms with E-state index in [2.05, 4.69) is 21.2 Å². The lowest BCUT2D eigenvalue weighted by atomic mass is 10.1. The molecule has 3 rings (SSSR count). The summed E-state index contributed by atoms with van der Waals surface area (Å²) in [7, 11) is 0. The zero-order valence-corrected chi connectivity index (χ0v) is 13.3. The number of benzene rings is 3. The number of nitrogens with one attached hydrogen (secondary N) is 1. The highest BCUT2D eigenvalue weighted by molar-refractivity contribution is 9.10. The normalized spacial score (nSPS) is 10.4. The maximum atomic E-state index is 11.8. The molecule has 3 aromatic rings. The van der Waals surface area contributed by atoms with Gasteiger partial charge in [0.25, 0.3) is 0 Å². The van der Waals surface area contributed by atoms with Gasteiger partial charge < -0.3 is 4.74 Å². The Kier molecular flexibility index (Phi) is 4.39. The second-order valence-corrected chi connectivity index (χ2v) is 5.81. The van der Waals surface area contributed by atoms with Crippen LogP contribution in [-0.4, -0.2) is 6.09 Å². The predicted octanol–water partition coefficient (Wildman–Crippen LogP) is 5.35. The van der Waals surface area contributed by atoms with Crippen molar-refractivity contribution in [2.45, 2.75) is 6.61 Å². The number of carbonyl (C=O) groups is 1. The first-order valence-corrected chi connectivity index (χ1v) is 7.67. The molecule has 0 aromatic heterocycles. The van der Waals surface area contributed by atoms with E-state index in [-0.39, 0.29) is 6.61 Å². The molecule has 0 aliphatic heterocycles. The Labute approximate surface area is 137 Å². The van der Waals surface area contributed by atoms with Crippen LogP contribution < -0.4 is 5.32 Å². The third-order valence-electron chi connectivity index (χ3n) is 3.26. The average Bonchev–Trinajstić information content (AvgIpc) is 2.54. The minimum Gasteiger partial charge on any atom is -0.444 e. The van der Waals surface area contributed by atoms with Gasteiger partial charge in [0.15, 0.2) is 0 Å². The Hall–Kier alpha value is -2.33. The van der Waals surface area contributed by atoms with Crippen molar-refractivity contribution in [1.29, 1.82) is 0 Å². The third kappa shape index (κ3) is 3.65. The molecule has 0 heterocycles. The fourth-order valence-corrected chi connectivity index (χ4v) is 2.55. The van der Waals surface area contributed by atoms with Gasteiger partial charge in [-0.3, -0.25) is 5.32 Å². The molecule has 0 unspecified atom stereocenters. The molecule has 0 bridgehead atoms. The van der Waals surface area contributed by atoms with Gasteiger partial charge in [0, 0.05) is 10.2 Å². The molecule has 110 valence electrons. The maximum Gasteiger partial charge on any atom is 0.411 e. The van der Waals surface area contributed by atoms with Gasteiger partial charge in [0.05, 0.1) is 0 Å². The van der Waals surface area contributed by atoms with Crippen LogP contribution in [0.1, 0.15) is 5.56 Å². The van der Waals surface area contributed by atoms with Crippen LogP contribution >= 0.6 is 15.9 Å². The maximum absolute atomic E-state index is 11.8. The number of amides is 1. The molecule has 0 saturated heterocycles. The number of rotatable bonds is 3. The molecule has 3 nitrogen and oxygen atoms in total. The van der Waals surface area contributed by atoms with Crippen molar-refractivity contribution >= 4 is 38.5 Å². The number of carbonyl (C=O) groups excluding carboxylic acids is 1. The lowest BCUT2D eigenvalue weighted by Crippen LogP contribution is -2.13. The van der Waals surface area contributed by atoms with Crippen LogP contribution in [0.15, 0.2) is 71.2 Å². The van der Waals surface area contributed by atoms with Gasteiger partial charge in [-0.15, -0.1) is 0 Å². The number of anilines is 1. The zero-order valence-electron chi connectivity index (χ0n) is 11.8. The molecule has 0 atom stereocenters. The highest BCUT2D eigenvalue weighted by Gasteiger charge is 2.04. The Bertz CT molecular complexity index is 803. The van der Waals surface area contributed by atoms with Crippen molar-refractivity contribution in [2.24, 2.45) is 0 Å². The molecule has 22 heavy (non-hydrogen) atoms. The van der Waals surface area contributed by atoms with Gasteiger partial charge in [-0.05, 0) is 40.6 Å². The number of hydrogen-bond donors (Lipinski definition) is 1. The van der Waals surface area contributed by atoms with E-state index in [9.17, 15) is 4.79 Å². The molecule has 4 heteroatoms. The highest BCUT2D eigenvalue weighted by atomic mass is 79.9. The summed E-state index contributed by atoms with van der Waals surface area (Å²) in [5, 5.41) is 4.91. The molecule has 0 spiro atoms. The largest absolute Gasteiger partial charge is 0.444 e. The molecule has 0 saturated carbocycles. The van der Waals surface area contributed by atoms with Gasteiger partial charge in [-0.1, -0.05) is 58.4 Å². The second-order valence-electron chi connectivity index (χ2n) is 4.89. The number of ether oxygens (including phenoxy) is 1. The van der Waals surface area contributed by atoms with Crippen LogP contribution in [-0.2, 0) is 11.3 Å². The van der Waals surface area contributed by atoms with Crippen molar-refractivity contribution in [3.05, 3.63) is 76.8 Å². The zero-order chi connectivity index (χ0) is 15.4. The summed E-state index contributed by atoms with van der Waals surface area (Å²) in [5.41, 5.74) is 1.67. The van der Waals surface area contributed by atoms with Crippen LogP contribution in [0.25, 0.3) is 10.8 Å². The van der Waals surface area contributed by atoms with E-state index in [1.165, 1.54) is 0 Å². The van der Waals surface area contributed by atoms with E-state index >= 15 is 0 Å². The average molecular weight is 356 g/mol. The van der Waals surface area contributed by atoms with Crippen LogP contribution in [0.2, 0.25) is 0 Å². The number of hydrogen-bond acceptors (Lipinski definition) is 2. The van der Waals surface area contributed by atoms with Gasteiger partial charge in [0.1, 0.15) is 6.61 Å². The summed E-state index contributed by atoms with van der Waals surface area (Å²) in [6.07, 6.45) is -0.458. The van der Waals surface area contributed by atoms with Crippen molar-refractivity contribution in [3.63, 3.8) is 0 Å². The lowest BCUT2D eigenvalue weighted by molar-refractivity contribution is 0.155. The summed E-state index contributed by atoms with van der Waals surface area (Å²) in [5.74, 6) is 0. The van der Waals surface area contributed by atoms with Crippen molar-refractivity contribution in [2.75, 3.05) is 5.32 Å². The van der Waals surface area contributed by atoms with Crippen molar-refractivity contribution < 1.29 is 9.53 Å². The first kappa shape index (κ1) is 14.6. The molecular weight excluding hydrogens is 342 g/mol. The molecule has 0 aliphatic carbocycles. The van der Waals surface area contributed by atoms with E-state index < -0.39 is 6.09 Å². The van der Waals surface area contributed by atoms with Crippen LogP contribution in [0.3, 0.4) is 0 Å². The highest BCUT2D eigenvalue weighted by Crippen LogP contribution is 2.23. The molecule has 0 radical (unpaired) electrons. The monoisotopic (exact) mass is 355 g/mol. The fourth-order valence-electron chi connectivity index (χ4n) is 2.17. The van der Waals surface area contributed by atoms with Gasteiger partial charge in [-0.2, -0.15) is 0 Å². The quantitative estimate of drug-likeness (QED) is 0.687. The Morgan fingerprint density at radius 2 is 1.68 bits per heavy atom. The standard InChI is InChI=1S/C18H14BrNO2/c19-16-8-6-15-11-17(9-7-14(15)10-16)20-18(21)22-12-13-4-2-1-3-5-13/h1-11H,12H2,(H,20,21). The summed E-state index contributed by atoms with van der Waals surface area (Å²) in [6, 6.07) is 21.3. The van der Waals surface area contributed by atoms with Crippen LogP contribution in [0, 0.1) is 0 Å². The topological polar surface area (TPSA) is 38.3 Å². The van der Waals surface area contributed by atoms with Crippen LogP contribution in [0.4, 0.5) is 10.5 Å². The Balaban J connectivity index is 1.65. The number of fused-ring (bicyclic) bond motifs is 1. The van der Waals surface area contributed by atoms with E-state index in [1.54, 1.807) is 0 Å². The summed E-state index contributed by atoms with van der Waals surface area (Å²) < 4.78 is 6.24. The summed E-state index contributed by atoms with van der Waals surface area (Å²) >= 11 is 3.44. The van der Waals surface area contributed by atoms with E-state index in [0.29, 0.717) is 5.69 Å². The molecule has 1 amide bonds. The first-order valence-electron chi connectivity index (χ1n) is 6.88. The van der Waals surface area contributed by atoms with E-state index in [1.807, 2.05) is 66.7 Å². The number of halogens is 1. The van der Waals surface area contributed by atoms with Crippen molar-refractivity contribution in [3.8, 4) is 0 Å². The van der Waals surface area contributed by atoms with Gasteiger partial charge >= 0.3 is 6.09 Å². The predicted molar refractivity (Wildman–Crippen MR) is 91.9 cm³/mol. The Morgan fingerprint density at radius 1 is 0.955 bits per heavy atom. The SMILES string of the molecule is O=C(Nc1ccc2cc(Br)ccc2c1)OCc1ccccc1. The van der Waals surface area contributed by atoms with E-state index in [0.717, 1.165) is 20.8 Å².